The zero-order chi connectivity index (χ0) is 13.0. The molecule has 0 saturated carbocycles. The maximum absolute atomic E-state index is 8.47. The molecule has 0 fully saturated rings. The van der Waals surface area contributed by atoms with Crippen molar-refractivity contribution in [2.24, 2.45) is 7.05 Å². The van der Waals surface area contributed by atoms with Crippen LogP contribution in [0.25, 0.3) is 11.4 Å². The Balaban J connectivity index is 2.10. The molecule has 0 aromatic carbocycles. The van der Waals surface area contributed by atoms with Crippen molar-refractivity contribution in [1.29, 1.82) is 5.26 Å². The van der Waals surface area contributed by atoms with Gasteiger partial charge in [0.25, 0.3) is 0 Å². The van der Waals surface area contributed by atoms with Crippen LogP contribution in [-0.2, 0) is 7.05 Å². The number of aryl methyl sites for hydroxylation is 1. The number of aromatic nitrogens is 3. The van der Waals surface area contributed by atoms with Crippen molar-refractivity contribution in [2.75, 3.05) is 5.75 Å². The maximum Gasteiger partial charge on any atom is 0.191 e. The van der Waals surface area contributed by atoms with Crippen molar-refractivity contribution in [3.05, 3.63) is 18.1 Å². The Morgan fingerprint density at radius 1 is 1.50 bits per heavy atom. The van der Waals surface area contributed by atoms with Gasteiger partial charge in [-0.1, -0.05) is 11.8 Å². The summed E-state index contributed by atoms with van der Waals surface area (Å²) in [5.41, 5.74) is 0.967. The molecule has 5 nitrogen and oxygen atoms in total. The van der Waals surface area contributed by atoms with Crippen LogP contribution >= 0.6 is 11.8 Å². The molecule has 0 amide bonds. The summed E-state index contributed by atoms with van der Waals surface area (Å²) in [4.78, 5) is 0. The quantitative estimate of drug-likeness (QED) is 0.612. The minimum Gasteiger partial charge on any atom is -0.469 e. The van der Waals surface area contributed by atoms with Crippen molar-refractivity contribution in [1.82, 2.24) is 14.8 Å². The first-order chi connectivity index (χ1) is 8.74. The number of thioether (sulfide) groups is 1. The third kappa shape index (κ3) is 2.57. The van der Waals surface area contributed by atoms with Gasteiger partial charge in [0.2, 0.25) is 0 Å². The highest BCUT2D eigenvalue weighted by molar-refractivity contribution is 7.99. The SMILES string of the molecule is Cc1occc1-c1nnc(SCCCC#N)n1C. The van der Waals surface area contributed by atoms with E-state index in [1.807, 2.05) is 24.6 Å². The molecule has 94 valence electrons. The molecule has 2 rings (SSSR count). The first-order valence-corrected chi connectivity index (χ1v) is 6.66. The Bertz CT molecular complexity index is 567. The van der Waals surface area contributed by atoms with Gasteiger partial charge < -0.3 is 8.98 Å². The van der Waals surface area contributed by atoms with E-state index in [1.165, 1.54) is 0 Å². The van der Waals surface area contributed by atoms with E-state index in [1.54, 1.807) is 18.0 Å². The first-order valence-electron chi connectivity index (χ1n) is 5.67. The predicted octanol–water partition coefficient (Wildman–Crippen LogP) is 2.78. The second kappa shape index (κ2) is 5.74. The van der Waals surface area contributed by atoms with Crippen LogP contribution in [0.2, 0.25) is 0 Å². The highest BCUT2D eigenvalue weighted by Crippen LogP contribution is 2.26. The molecule has 0 saturated heterocycles. The second-order valence-corrected chi connectivity index (χ2v) is 4.93. The highest BCUT2D eigenvalue weighted by atomic mass is 32.2. The van der Waals surface area contributed by atoms with Gasteiger partial charge in [0, 0.05) is 19.2 Å². The Kier molecular flexibility index (Phi) is 4.05. The zero-order valence-electron chi connectivity index (χ0n) is 10.4. The van der Waals surface area contributed by atoms with E-state index in [0.29, 0.717) is 6.42 Å². The molecule has 0 atom stereocenters. The fourth-order valence-electron chi connectivity index (χ4n) is 1.61. The lowest BCUT2D eigenvalue weighted by molar-refractivity contribution is 0.534. The summed E-state index contributed by atoms with van der Waals surface area (Å²) in [6.07, 6.45) is 3.10. The van der Waals surface area contributed by atoms with Gasteiger partial charge in [-0.15, -0.1) is 10.2 Å². The van der Waals surface area contributed by atoms with E-state index in [-0.39, 0.29) is 0 Å². The fourth-order valence-corrected chi connectivity index (χ4v) is 2.46. The monoisotopic (exact) mass is 262 g/mol. The molecular weight excluding hydrogens is 248 g/mol. The summed E-state index contributed by atoms with van der Waals surface area (Å²) in [7, 11) is 1.94. The van der Waals surface area contributed by atoms with E-state index < -0.39 is 0 Å². The minimum atomic E-state index is 0.582. The summed E-state index contributed by atoms with van der Waals surface area (Å²) in [6.45, 7) is 1.91. The van der Waals surface area contributed by atoms with Crippen molar-refractivity contribution in [3.63, 3.8) is 0 Å². The lowest BCUT2D eigenvalue weighted by atomic mass is 10.2. The van der Waals surface area contributed by atoms with Gasteiger partial charge >= 0.3 is 0 Å². The maximum atomic E-state index is 8.47. The molecule has 0 spiro atoms. The number of hydrogen-bond acceptors (Lipinski definition) is 5. The third-order valence-electron chi connectivity index (χ3n) is 2.60. The van der Waals surface area contributed by atoms with E-state index >= 15 is 0 Å². The number of furan rings is 1. The van der Waals surface area contributed by atoms with Crippen LogP contribution in [0, 0.1) is 18.3 Å². The van der Waals surface area contributed by atoms with Crippen LogP contribution in [0.5, 0.6) is 0 Å². The largest absolute Gasteiger partial charge is 0.469 e. The number of unbranched alkanes of at least 4 members (excludes halogenated alkanes) is 1. The average molecular weight is 262 g/mol. The van der Waals surface area contributed by atoms with Crippen LogP contribution in [0.3, 0.4) is 0 Å². The lowest BCUT2D eigenvalue weighted by Crippen LogP contribution is -1.95. The number of nitriles is 1. The Morgan fingerprint density at radius 2 is 2.33 bits per heavy atom. The zero-order valence-corrected chi connectivity index (χ0v) is 11.2. The molecule has 2 aromatic rings. The van der Waals surface area contributed by atoms with Crippen molar-refractivity contribution < 1.29 is 4.42 Å². The molecule has 0 unspecified atom stereocenters. The average Bonchev–Trinajstić information content (AvgIpc) is 2.92. The van der Waals surface area contributed by atoms with Gasteiger partial charge in [-0.3, -0.25) is 0 Å². The fraction of sp³-hybridized carbons (Fsp3) is 0.417. The number of rotatable bonds is 5. The summed E-state index contributed by atoms with van der Waals surface area (Å²) < 4.78 is 7.23. The summed E-state index contributed by atoms with van der Waals surface area (Å²) in [6, 6.07) is 4.03. The summed E-state index contributed by atoms with van der Waals surface area (Å²) in [5, 5.41) is 17.7. The van der Waals surface area contributed by atoms with Crippen molar-refractivity contribution in [3.8, 4) is 17.5 Å². The van der Waals surface area contributed by atoms with E-state index in [9.17, 15) is 0 Å². The van der Waals surface area contributed by atoms with Gasteiger partial charge in [-0.05, 0) is 19.4 Å². The van der Waals surface area contributed by atoms with Crippen LogP contribution in [0.1, 0.15) is 18.6 Å². The van der Waals surface area contributed by atoms with E-state index in [2.05, 4.69) is 16.3 Å². The summed E-state index contributed by atoms with van der Waals surface area (Å²) >= 11 is 1.62. The molecule has 0 aliphatic rings. The van der Waals surface area contributed by atoms with Gasteiger partial charge in [0.15, 0.2) is 11.0 Å². The lowest BCUT2D eigenvalue weighted by Gasteiger charge is -2.02. The molecule has 0 aliphatic heterocycles. The van der Waals surface area contributed by atoms with Crippen molar-refractivity contribution >= 4 is 11.8 Å². The second-order valence-electron chi connectivity index (χ2n) is 3.87. The molecule has 0 aliphatic carbocycles. The van der Waals surface area contributed by atoms with E-state index in [4.69, 9.17) is 9.68 Å². The van der Waals surface area contributed by atoms with Crippen LogP contribution < -0.4 is 0 Å². The third-order valence-corrected chi connectivity index (χ3v) is 3.71. The van der Waals surface area contributed by atoms with Crippen LogP contribution in [-0.4, -0.2) is 20.5 Å². The normalized spacial score (nSPS) is 10.5. The molecule has 0 radical (unpaired) electrons. The molecule has 0 bridgehead atoms. The number of hydrogen-bond donors (Lipinski definition) is 0. The predicted molar refractivity (Wildman–Crippen MR) is 69.0 cm³/mol. The van der Waals surface area contributed by atoms with Gasteiger partial charge in [0.05, 0.1) is 17.9 Å². The molecular formula is C12H14N4OS. The molecule has 0 N–H and O–H groups in total. The smallest absolute Gasteiger partial charge is 0.191 e. The molecule has 6 heteroatoms. The molecule has 2 aromatic heterocycles. The van der Waals surface area contributed by atoms with Crippen LogP contribution in [0.15, 0.2) is 21.9 Å². The van der Waals surface area contributed by atoms with Crippen molar-refractivity contribution in [2.45, 2.75) is 24.9 Å². The number of nitrogens with zero attached hydrogens (tertiary/aromatic N) is 4. The summed E-state index contributed by atoms with van der Waals surface area (Å²) in [5.74, 6) is 2.53. The standard InChI is InChI=1S/C12H14N4OS/c1-9-10(5-7-17-9)11-14-15-12(16(11)2)18-8-4-3-6-13/h5,7H,3-4,8H2,1-2H3. The van der Waals surface area contributed by atoms with Gasteiger partial charge in [0.1, 0.15) is 5.76 Å². The van der Waals surface area contributed by atoms with Gasteiger partial charge in [-0.25, -0.2) is 0 Å². The minimum absolute atomic E-state index is 0.582. The Morgan fingerprint density at radius 3 is 3.00 bits per heavy atom. The van der Waals surface area contributed by atoms with Crippen LogP contribution in [0.4, 0.5) is 0 Å². The molecule has 2 heterocycles. The Labute approximate surface area is 110 Å². The first kappa shape index (κ1) is 12.7. The molecule has 18 heavy (non-hydrogen) atoms. The van der Waals surface area contributed by atoms with E-state index in [0.717, 1.165) is 34.5 Å². The topological polar surface area (TPSA) is 67.6 Å². The van der Waals surface area contributed by atoms with Gasteiger partial charge in [-0.2, -0.15) is 5.26 Å². The highest BCUT2D eigenvalue weighted by Gasteiger charge is 2.14. The Hall–Kier alpha value is -1.74.